The van der Waals surface area contributed by atoms with E-state index in [1.54, 1.807) is 0 Å². The maximum absolute atomic E-state index is 12.7. The van der Waals surface area contributed by atoms with Gasteiger partial charge in [-0.05, 0) is 29.9 Å². The molecule has 4 nitrogen and oxygen atoms in total. The number of fused-ring (bicyclic) bond motifs is 1. The van der Waals surface area contributed by atoms with E-state index in [0.29, 0.717) is 17.5 Å². The van der Waals surface area contributed by atoms with Gasteiger partial charge in [0.15, 0.2) is 5.69 Å². The van der Waals surface area contributed by atoms with Crippen LogP contribution >= 0.6 is 0 Å². The summed E-state index contributed by atoms with van der Waals surface area (Å²) in [5.41, 5.74) is 2.51. The lowest BCUT2D eigenvalue weighted by Gasteiger charge is -2.19. The number of aromatic nitrogens is 2. The van der Waals surface area contributed by atoms with Crippen molar-refractivity contribution in [2.24, 2.45) is 11.8 Å². The zero-order chi connectivity index (χ0) is 15.8. The quantitative estimate of drug-likeness (QED) is 0.772. The number of para-hydroxylation sites is 1. The maximum atomic E-state index is 12.7. The molecule has 3 aromatic rings. The molecule has 4 heteroatoms. The van der Waals surface area contributed by atoms with Crippen LogP contribution in [0.5, 0.6) is 0 Å². The lowest BCUT2D eigenvalue weighted by molar-refractivity contribution is 0.0927. The molecule has 1 aliphatic rings. The SMILES string of the molecule is CC1CC1C(NC(=O)c1n[nH]c2ccccc12)c1ccccc1. The fraction of sp³-hybridized carbons (Fsp3) is 0.263. The molecule has 2 aromatic carbocycles. The minimum Gasteiger partial charge on any atom is -0.344 e. The largest absolute Gasteiger partial charge is 0.344 e. The number of nitrogens with one attached hydrogen (secondary N) is 2. The fourth-order valence-corrected chi connectivity index (χ4v) is 3.26. The number of aromatic amines is 1. The molecular weight excluding hydrogens is 286 g/mol. The van der Waals surface area contributed by atoms with E-state index in [9.17, 15) is 4.79 Å². The van der Waals surface area contributed by atoms with Gasteiger partial charge in [-0.2, -0.15) is 5.10 Å². The monoisotopic (exact) mass is 305 g/mol. The van der Waals surface area contributed by atoms with Gasteiger partial charge in [0, 0.05) is 5.39 Å². The molecule has 0 saturated heterocycles. The zero-order valence-electron chi connectivity index (χ0n) is 13.0. The van der Waals surface area contributed by atoms with Gasteiger partial charge in [0.05, 0.1) is 11.6 Å². The van der Waals surface area contributed by atoms with Crippen LogP contribution in [0.25, 0.3) is 10.9 Å². The molecule has 1 aliphatic carbocycles. The molecule has 1 saturated carbocycles. The summed E-state index contributed by atoms with van der Waals surface area (Å²) in [5, 5.41) is 11.2. The van der Waals surface area contributed by atoms with E-state index in [1.807, 2.05) is 42.5 Å². The number of carbonyl (C=O) groups is 1. The van der Waals surface area contributed by atoms with Gasteiger partial charge in [-0.3, -0.25) is 9.89 Å². The number of carbonyl (C=O) groups excluding carboxylic acids is 1. The number of amides is 1. The number of hydrogen-bond donors (Lipinski definition) is 2. The molecule has 1 aromatic heterocycles. The Morgan fingerprint density at radius 2 is 1.87 bits per heavy atom. The van der Waals surface area contributed by atoms with Crippen molar-refractivity contribution in [2.75, 3.05) is 0 Å². The van der Waals surface area contributed by atoms with Crippen molar-refractivity contribution in [3.8, 4) is 0 Å². The second-order valence-electron chi connectivity index (χ2n) is 6.36. The first-order chi connectivity index (χ1) is 11.2. The Morgan fingerprint density at radius 3 is 2.61 bits per heavy atom. The second-order valence-corrected chi connectivity index (χ2v) is 6.36. The minimum atomic E-state index is -0.115. The van der Waals surface area contributed by atoms with Crippen LogP contribution in [-0.4, -0.2) is 16.1 Å². The lowest BCUT2D eigenvalue weighted by Crippen LogP contribution is -2.30. The van der Waals surface area contributed by atoms with Gasteiger partial charge in [0.25, 0.3) is 5.91 Å². The predicted octanol–water partition coefficient (Wildman–Crippen LogP) is 3.69. The Kier molecular flexibility index (Phi) is 3.37. The molecule has 0 bridgehead atoms. The van der Waals surface area contributed by atoms with Gasteiger partial charge in [-0.1, -0.05) is 55.5 Å². The normalized spacial score (nSPS) is 21.1. The fourth-order valence-electron chi connectivity index (χ4n) is 3.26. The Bertz CT molecular complexity index is 840. The summed E-state index contributed by atoms with van der Waals surface area (Å²) in [6.45, 7) is 2.23. The van der Waals surface area contributed by atoms with E-state index in [4.69, 9.17) is 0 Å². The smallest absolute Gasteiger partial charge is 0.272 e. The van der Waals surface area contributed by atoms with Crippen LogP contribution in [0.2, 0.25) is 0 Å². The van der Waals surface area contributed by atoms with Crippen LogP contribution in [0.15, 0.2) is 54.6 Å². The molecule has 116 valence electrons. The van der Waals surface area contributed by atoms with Gasteiger partial charge in [0.1, 0.15) is 0 Å². The highest BCUT2D eigenvalue weighted by molar-refractivity contribution is 6.04. The Morgan fingerprint density at radius 1 is 1.17 bits per heavy atom. The van der Waals surface area contributed by atoms with Gasteiger partial charge in [0.2, 0.25) is 0 Å². The number of H-pyrrole nitrogens is 1. The molecule has 23 heavy (non-hydrogen) atoms. The third kappa shape index (κ3) is 2.61. The Balaban J connectivity index is 1.63. The molecule has 2 N–H and O–H groups in total. The van der Waals surface area contributed by atoms with Crippen molar-refractivity contribution < 1.29 is 4.79 Å². The van der Waals surface area contributed by atoms with Crippen LogP contribution in [0.3, 0.4) is 0 Å². The summed E-state index contributed by atoms with van der Waals surface area (Å²) in [4.78, 5) is 12.7. The van der Waals surface area contributed by atoms with E-state index < -0.39 is 0 Å². The van der Waals surface area contributed by atoms with Crippen LogP contribution in [0.4, 0.5) is 0 Å². The van der Waals surface area contributed by atoms with E-state index in [-0.39, 0.29) is 11.9 Å². The van der Waals surface area contributed by atoms with E-state index in [0.717, 1.165) is 22.9 Å². The molecule has 0 aliphatic heterocycles. The third-order valence-corrected chi connectivity index (χ3v) is 4.73. The first kappa shape index (κ1) is 14.0. The zero-order valence-corrected chi connectivity index (χ0v) is 13.0. The molecule has 1 fully saturated rings. The highest BCUT2D eigenvalue weighted by atomic mass is 16.2. The van der Waals surface area contributed by atoms with E-state index in [2.05, 4.69) is 34.6 Å². The molecule has 4 rings (SSSR count). The first-order valence-electron chi connectivity index (χ1n) is 8.03. The number of hydrogen-bond acceptors (Lipinski definition) is 2. The van der Waals surface area contributed by atoms with Crippen LogP contribution in [0.1, 0.15) is 35.4 Å². The van der Waals surface area contributed by atoms with Crippen LogP contribution < -0.4 is 5.32 Å². The van der Waals surface area contributed by atoms with Crippen molar-refractivity contribution in [3.05, 3.63) is 65.9 Å². The maximum Gasteiger partial charge on any atom is 0.272 e. The first-order valence-corrected chi connectivity index (χ1v) is 8.03. The Hall–Kier alpha value is -2.62. The number of nitrogens with zero attached hydrogens (tertiary/aromatic N) is 1. The van der Waals surface area contributed by atoms with Crippen molar-refractivity contribution in [1.82, 2.24) is 15.5 Å². The van der Waals surface area contributed by atoms with Crippen LogP contribution in [0, 0.1) is 11.8 Å². The van der Waals surface area contributed by atoms with Gasteiger partial charge < -0.3 is 5.32 Å². The van der Waals surface area contributed by atoms with E-state index >= 15 is 0 Å². The number of rotatable bonds is 4. The highest BCUT2D eigenvalue weighted by Crippen LogP contribution is 2.47. The van der Waals surface area contributed by atoms with Gasteiger partial charge >= 0.3 is 0 Å². The summed E-state index contributed by atoms with van der Waals surface area (Å²) in [5.74, 6) is 1.04. The van der Waals surface area contributed by atoms with Crippen molar-refractivity contribution >= 4 is 16.8 Å². The summed E-state index contributed by atoms with van der Waals surface area (Å²) in [6, 6.07) is 18.0. The third-order valence-electron chi connectivity index (χ3n) is 4.73. The predicted molar refractivity (Wildman–Crippen MR) is 90.0 cm³/mol. The highest BCUT2D eigenvalue weighted by Gasteiger charge is 2.41. The number of benzene rings is 2. The summed E-state index contributed by atoms with van der Waals surface area (Å²) in [6.07, 6.45) is 1.15. The average Bonchev–Trinajstić information content (AvgIpc) is 3.15. The van der Waals surface area contributed by atoms with Crippen molar-refractivity contribution in [3.63, 3.8) is 0 Å². The second kappa shape index (κ2) is 5.54. The van der Waals surface area contributed by atoms with Gasteiger partial charge in [-0.15, -0.1) is 0 Å². The van der Waals surface area contributed by atoms with Crippen molar-refractivity contribution in [2.45, 2.75) is 19.4 Å². The molecule has 3 unspecified atom stereocenters. The minimum absolute atomic E-state index is 0.0502. The molecule has 3 atom stereocenters. The molecule has 1 heterocycles. The summed E-state index contributed by atoms with van der Waals surface area (Å²) in [7, 11) is 0. The van der Waals surface area contributed by atoms with Gasteiger partial charge in [-0.25, -0.2) is 0 Å². The summed E-state index contributed by atoms with van der Waals surface area (Å²) >= 11 is 0. The molecule has 1 amide bonds. The topological polar surface area (TPSA) is 57.8 Å². The lowest BCUT2D eigenvalue weighted by atomic mass is 10.0. The molecular formula is C19H19N3O. The Labute approximate surface area is 134 Å². The molecule has 0 radical (unpaired) electrons. The van der Waals surface area contributed by atoms with Crippen molar-refractivity contribution in [1.29, 1.82) is 0 Å². The standard InChI is InChI=1S/C19H19N3O/c1-12-11-15(12)17(13-7-3-2-4-8-13)20-19(23)18-14-9-5-6-10-16(14)21-22-18/h2-10,12,15,17H,11H2,1H3,(H,20,23)(H,21,22). The van der Waals surface area contributed by atoms with E-state index in [1.165, 1.54) is 0 Å². The van der Waals surface area contributed by atoms with Crippen LogP contribution in [-0.2, 0) is 0 Å². The summed E-state index contributed by atoms with van der Waals surface area (Å²) < 4.78 is 0. The molecule has 0 spiro atoms. The average molecular weight is 305 g/mol.